The average molecular weight is 514 g/mol. The molecule has 188 valence electrons. The van der Waals surface area contributed by atoms with Crippen LogP contribution in [0.2, 0.25) is 0 Å². The fourth-order valence-corrected chi connectivity index (χ4v) is 3.67. The third-order valence-corrected chi connectivity index (χ3v) is 5.68. The zero-order chi connectivity index (χ0) is 26.0. The number of nitrogens with one attached hydrogen (secondary N) is 2. The minimum Gasteiger partial charge on any atom is -0.503 e. The van der Waals surface area contributed by atoms with Crippen LogP contribution in [0.4, 0.5) is 22.8 Å². The molecule has 0 spiro atoms. The molecular formula is C15H17F3N6O9S. The van der Waals surface area contributed by atoms with E-state index in [-0.39, 0.29) is 31.9 Å². The van der Waals surface area contributed by atoms with Gasteiger partial charge in [-0.3, -0.25) is 14.5 Å². The van der Waals surface area contributed by atoms with E-state index in [0.717, 1.165) is 17.2 Å². The smallest absolute Gasteiger partial charge is 0.490 e. The number of carbonyl (C=O) groups excluding carboxylic acids is 3. The van der Waals surface area contributed by atoms with Crippen molar-refractivity contribution in [2.75, 3.05) is 19.6 Å². The molecule has 15 nitrogen and oxygen atoms in total. The number of β-lactam (4-membered cyclic amide) rings is 1. The first-order valence-electron chi connectivity index (χ1n) is 8.95. The molecule has 34 heavy (non-hydrogen) atoms. The molecule has 0 unspecified atom stereocenters. The van der Waals surface area contributed by atoms with Crippen LogP contribution in [0.25, 0.3) is 0 Å². The molecule has 3 rings (SSSR count). The monoisotopic (exact) mass is 514 g/mol. The van der Waals surface area contributed by atoms with Crippen LogP contribution in [0.15, 0.2) is 17.1 Å². The SMILES string of the molecule is N[C@H]1CN(C(=O)NS(=O)(=O)N2CCN(Cc3cc(=O)c(O)c[nH]3)C2=O)C1=O.O=C(O)C(F)(F)F. The summed E-state index contributed by atoms with van der Waals surface area (Å²) in [6, 6.07) is -1.86. The molecule has 19 heteroatoms. The lowest BCUT2D eigenvalue weighted by Crippen LogP contribution is -2.65. The van der Waals surface area contributed by atoms with E-state index in [1.54, 1.807) is 4.72 Å². The van der Waals surface area contributed by atoms with Crippen molar-refractivity contribution in [1.29, 1.82) is 0 Å². The van der Waals surface area contributed by atoms with Gasteiger partial charge in [0.25, 0.3) is 0 Å². The van der Waals surface area contributed by atoms with Crippen molar-refractivity contribution in [3.63, 3.8) is 0 Å². The summed E-state index contributed by atoms with van der Waals surface area (Å²) in [4.78, 5) is 60.3. The molecule has 2 aliphatic rings. The maximum Gasteiger partial charge on any atom is 0.490 e. The third kappa shape index (κ3) is 5.92. The van der Waals surface area contributed by atoms with E-state index in [0.29, 0.717) is 9.21 Å². The van der Waals surface area contributed by atoms with Crippen LogP contribution < -0.4 is 15.9 Å². The van der Waals surface area contributed by atoms with Gasteiger partial charge in [0.05, 0.1) is 19.6 Å². The van der Waals surface area contributed by atoms with Crippen LogP contribution >= 0.6 is 0 Å². The van der Waals surface area contributed by atoms with Crippen molar-refractivity contribution in [2.24, 2.45) is 5.73 Å². The predicted octanol–water partition coefficient (Wildman–Crippen LogP) is -1.92. The summed E-state index contributed by atoms with van der Waals surface area (Å²) >= 11 is 0. The quantitative estimate of drug-likeness (QED) is 0.280. The van der Waals surface area contributed by atoms with Crippen molar-refractivity contribution in [1.82, 2.24) is 23.8 Å². The van der Waals surface area contributed by atoms with Crippen LogP contribution in [-0.2, 0) is 26.3 Å². The topological polar surface area (TPSA) is 224 Å². The highest BCUT2D eigenvalue weighted by Crippen LogP contribution is 2.16. The van der Waals surface area contributed by atoms with Crippen molar-refractivity contribution in [3.8, 4) is 5.75 Å². The Kier molecular flexibility index (Phi) is 7.41. The summed E-state index contributed by atoms with van der Waals surface area (Å²) in [6.45, 7) is -0.427. The number of halogens is 3. The Bertz CT molecular complexity index is 1170. The van der Waals surface area contributed by atoms with Gasteiger partial charge in [0, 0.05) is 24.5 Å². The van der Waals surface area contributed by atoms with Gasteiger partial charge in [-0.25, -0.2) is 23.4 Å². The van der Waals surface area contributed by atoms with Crippen LogP contribution in [-0.4, -0.2) is 93.5 Å². The van der Waals surface area contributed by atoms with E-state index >= 15 is 0 Å². The molecule has 2 saturated heterocycles. The van der Waals surface area contributed by atoms with Crippen molar-refractivity contribution < 1.29 is 51.0 Å². The zero-order valence-electron chi connectivity index (χ0n) is 16.8. The maximum absolute atomic E-state index is 12.3. The summed E-state index contributed by atoms with van der Waals surface area (Å²) in [5, 5.41) is 16.3. The summed E-state index contributed by atoms with van der Waals surface area (Å²) in [5.41, 5.74) is 4.97. The summed E-state index contributed by atoms with van der Waals surface area (Å²) in [5.74, 6) is -3.96. The Morgan fingerprint density at radius 3 is 2.29 bits per heavy atom. The molecule has 0 aliphatic carbocycles. The number of H-pyrrole nitrogens is 1. The highest BCUT2D eigenvalue weighted by molar-refractivity contribution is 7.88. The number of urea groups is 2. The molecule has 2 fully saturated rings. The van der Waals surface area contributed by atoms with Gasteiger partial charge in [0.15, 0.2) is 5.75 Å². The number of nitrogens with zero attached hydrogens (tertiary/aromatic N) is 3. The molecule has 0 saturated carbocycles. The first kappa shape index (κ1) is 26.4. The number of carboxylic acids is 1. The second-order valence-corrected chi connectivity index (χ2v) is 8.35. The van der Waals surface area contributed by atoms with E-state index in [4.69, 9.17) is 15.6 Å². The number of alkyl halides is 3. The number of carbonyl (C=O) groups is 4. The highest BCUT2D eigenvalue weighted by Gasteiger charge is 2.43. The number of carboxylic acid groups (broad SMARTS) is 1. The molecule has 2 aliphatic heterocycles. The fourth-order valence-electron chi connectivity index (χ4n) is 2.59. The zero-order valence-corrected chi connectivity index (χ0v) is 17.6. The number of nitrogens with two attached hydrogens (primary N) is 1. The van der Waals surface area contributed by atoms with Crippen LogP contribution in [0.1, 0.15) is 5.69 Å². The van der Waals surface area contributed by atoms with Crippen LogP contribution in [0.3, 0.4) is 0 Å². The van der Waals surface area contributed by atoms with Gasteiger partial charge in [0.1, 0.15) is 6.04 Å². The van der Waals surface area contributed by atoms with E-state index in [9.17, 15) is 45.9 Å². The maximum atomic E-state index is 12.3. The van der Waals surface area contributed by atoms with Crippen molar-refractivity contribution in [3.05, 3.63) is 28.2 Å². The molecule has 1 aromatic rings. The fraction of sp³-hybridized carbons (Fsp3) is 0.400. The largest absolute Gasteiger partial charge is 0.503 e. The normalized spacial score (nSPS) is 18.2. The number of rotatable bonds is 4. The van der Waals surface area contributed by atoms with Gasteiger partial charge >= 0.3 is 34.4 Å². The molecule has 1 atom stereocenters. The lowest BCUT2D eigenvalue weighted by Gasteiger charge is -2.34. The standard InChI is InChI=1S/C13H16N6O7S.C2HF3O2/c14-8-6-18(11(8)22)12(23)16-27(25,26)19-2-1-17(13(19)24)5-7-3-9(20)10(21)4-15-7;3-2(4,5)1(6)7/h3-4,8,21H,1-2,5-6,14H2,(H,15,20)(H,16,23);(H,6,7)/t8-;/m0./s1. The molecule has 3 heterocycles. The molecule has 0 aromatic carbocycles. The van der Waals surface area contributed by atoms with Crippen molar-refractivity contribution in [2.45, 2.75) is 18.8 Å². The second-order valence-electron chi connectivity index (χ2n) is 6.75. The first-order valence-corrected chi connectivity index (χ1v) is 10.4. The van der Waals surface area contributed by atoms with Gasteiger partial charge < -0.3 is 25.8 Å². The number of pyridine rings is 1. The minimum absolute atomic E-state index is 0.0182. The Labute approximate surface area is 187 Å². The lowest BCUT2D eigenvalue weighted by atomic mass is 10.1. The third-order valence-electron chi connectivity index (χ3n) is 4.33. The number of hydrogen-bond donors (Lipinski definition) is 5. The van der Waals surface area contributed by atoms with Crippen molar-refractivity contribution >= 4 is 34.1 Å². The summed E-state index contributed by atoms with van der Waals surface area (Å²) in [6.07, 6.45) is -4.03. The number of imide groups is 1. The molecule has 0 bridgehead atoms. The molecule has 6 N–H and O–H groups in total. The average Bonchev–Trinajstić information content (AvgIpc) is 3.09. The van der Waals surface area contributed by atoms with Gasteiger partial charge in [-0.05, 0) is 0 Å². The number of aromatic nitrogens is 1. The summed E-state index contributed by atoms with van der Waals surface area (Å²) < 4.78 is 58.4. The van der Waals surface area contributed by atoms with Gasteiger partial charge in [-0.2, -0.15) is 21.6 Å². The summed E-state index contributed by atoms with van der Waals surface area (Å²) in [7, 11) is -4.51. The molecule has 5 amide bonds. The van der Waals surface area contributed by atoms with E-state index in [1.807, 2.05) is 0 Å². The lowest BCUT2D eigenvalue weighted by molar-refractivity contribution is -0.192. The number of amides is 5. The van der Waals surface area contributed by atoms with Crippen LogP contribution in [0.5, 0.6) is 5.75 Å². The number of aliphatic carboxylic acids is 1. The van der Waals surface area contributed by atoms with E-state index in [1.165, 1.54) is 0 Å². The molecular weight excluding hydrogens is 497 g/mol. The molecule has 0 radical (unpaired) electrons. The highest BCUT2D eigenvalue weighted by atomic mass is 32.2. The Balaban J connectivity index is 0.000000509. The Hall–Kier alpha value is -3.87. The van der Waals surface area contributed by atoms with Crippen LogP contribution in [0, 0.1) is 0 Å². The predicted molar refractivity (Wildman–Crippen MR) is 102 cm³/mol. The second kappa shape index (κ2) is 9.55. The van der Waals surface area contributed by atoms with E-state index in [2.05, 4.69) is 4.98 Å². The number of aromatic amines is 1. The minimum atomic E-state index is -5.08. The Morgan fingerprint density at radius 1 is 1.24 bits per heavy atom. The van der Waals surface area contributed by atoms with E-state index < -0.39 is 57.5 Å². The number of hydrogen-bond acceptors (Lipinski definition) is 9. The Morgan fingerprint density at radius 2 is 1.82 bits per heavy atom. The number of likely N-dealkylation sites (tertiary alicyclic amines) is 1. The first-order chi connectivity index (χ1) is 15.5. The van der Waals surface area contributed by atoms with Gasteiger partial charge in [-0.15, -0.1) is 0 Å². The van der Waals surface area contributed by atoms with Gasteiger partial charge in [-0.1, -0.05) is 0 Å². The number of aromatic hydroxyl groups is 1. The van der Waals surface area contributed by atoms with Gasteiger partial charge in [0.2, 0.25) is 11.3 Å². The molecule has 1 aromatic heterocycles.